The zero-order chi connectivity index (χ0) is 14.9. The molecular formula is C18H38MgO2Ti. The number of aliphatic carboxylic acids is 1. The van der Waals surface area contributed by atoms with Crippen LogP contribution in [0.1, 0.15) is 110 Å². The van der Waals surface area contributed by atoms with Crippen molar-refractivity contribution in [2.24, 2.45) is 0 Å². The number of carboxylic acid groups (broad SMARTS) is 1. The second-order valence-corrected chi connectivity index (χ2v) is 6.09. The molecule has 0 fully saturated rings. The summed E-state index contributed by atoms with van der Waals surface area (Å²) in [6.07, 6.45) is 20.2. The average molecular weight is 359 g/mol. The fourth-order valence-electron chi connectivity index (χ4n) is 2.65. The molecule has 0 amide bonds. The van der Waals surface area contributed by atoms with Gasteiger partial charge in [0.25, 0.3) is 0 Å². The van der Waals surface area contributed by atoms with Crippen molar-refractivity contribution in [1.82, 2.24) is 0 Å². The molecule has 1 N–H and O–H groups in total. The van der Waals surface area contributed by atoms with Crippen molar-refractivity contribution in [3.05, 3.63) is 0 Å². The maximum absolute atomic E-state index is 10.3. The summed E-state index contributed by atoms with van der Waals surface area (Å²) < 4.78 is 0. The average Bonchev–Trinajstić information content (AvgIpc) is 2.43. The SMILES string of the molecule is CCCCCCCCCCCCCCCCCC(=O)O.[MgH2].[Ti]. The molecule has 0 aromatic rings. The Bertz CT molecular complexity index is 213. The van der Waals surface area contributed by atoms with E-state index in [-0.39, 0.29) is 44.8 Å². The van der Waals surface area contributed by atoms with Gasteiger partial charge in [-0.2, -0.15) is 0 Å². The number of unbranched alkanes of at least 4 members (excludes halogenated alkanes) is 14. The molecule has 0 saturated heterocycles. The van der Waals surface area contributed by atoms with E-state index in [2.05, 4.69) is 6.92 Å². The second-order valence-electron chi connectivity index (χ2n) is 6.09. The summed E-state index contributed by atoms with van der Waals surface area (Å²) in [6, 6.07) is 0. The van der Waals surface area contributed by atoms with Crippen molar-refractivity contribution in [3.8, 4) is 0 Å². The molecule has 2 nitrogen and oxygen atoms in total. The normalized spacial score (nSPS) is 9.86. The first-order chi connectivity index (χ1) is 9.77. The van der Waals surface area contributed by atoms with Crippen LogP contribution in [0.25, 0.3) is 0 Å². The Balaban J connectivity index is -0.00000180. The van der Waals surface area contributed by atoms with Crippen LogP contribution in [-0.4, -0.2) is 34.1 Å². The maximum atomic E-state index is 10.3. The van der Waals surface area contributed by atoms with Crippen molar-refractivity contribution in [2.45, 2.75) is 110 Å². The number of carbonyl (C=O) groups is 1. The minimum absolute atomic E-state index is 0. The fourth-order valence-corrected chi connectivity index (χ4v) is 2.65. The van der Waals surface area contributed by atoms with E-state index in [9.17, 15) is 4.79 Å². The van der Waals surface area contributed by atoms with E-state index in [0.717, 1.165) is 12.8 Å². The van der Waals surface area contributed by atoms with Crippen LogP contribution >= 0.6 is 0 Å². The second kappa shape index (κ2) is 24.2. The molecule has 0 aromatic heterocycles. The number of carboxylic acids is 1. The zero-order valence-electron chi connectivity index (χ0n) is 14.2. The minimum Gasteiger partial charge on any atom is -0.481 e. The van der Waals surface area contributed by atoms with E-state index in [1.165, 1.54) is 83.5 Å². The van der Waals surface area contributed by atoms with Crippen LogP contribution in [-0.2, 0) is 26.5 Å². The van der Waals surface area contributed by atoms with Gasteiger partial charge in [0.15, 0.2) is 0 Å². The monoisotopic (exact) mass is 358 g/mol. The Morgan fingerprint density at radius 3 is 1.18 bits per heavy atom. The van der Waals surface area contributed by atoms with E-state index >= 15 is 0 Å². The molecule has 0 aliphatic heterocycles. The predicted molar refractivity (Wildman–Crippen MR) is 95.7 cm³/mol. The van der Waals surface area contributed by atoms with Gasteiger partial charge in [0.1, 0.15) is 0 Å². The summed E-state index contributed by atoms with van der Waals surface area (Å²) >= 11 is 0. The summed E-state index contributed by atoms with van der Waals surface area (Å²) in [5.74, 6) is -0.653. The molecule has 4 heteroatoms. The van der Waals surface area contributed by atoms with Gasteiger partial charge in [0.05, 0.1) is 0 Å². The largest absolute Gasteiger partial charge is 0.481 e. The quantitative estimate of drug-likeness (QED) is 0.296. The van der Waals surface area contributed by atoms with Gasteiger partial charge in [-0.3, -0.25) is 4.79 Å². The van der Waals surface area contributed by atoms with Crippen LogP contribution < -0.4 is 0 Å². The van der Waals surface area contributed by atoms with Crippen LogP contribution in [0.3, 0.4) is 0 Å². The van der Waals surface area contributed by atoms with E-state index in [4.69, 9.17) is 5.11 Å². The van der Waals surface area contributed by atoms with Crippen LogP contribution in [0, 0.1) is 0 Å². The van der Waals surface area contributed by atoms with Crippen molar-refractivity contribution in [2.75, 3.05) is 0 Å². The van der Waals surface area contributed by atoms with Gasteiger partial charge in [-0.25, -0.2) is 0 Å². The van der Waals surface area contributed by atoms with E-state index in [0.29, 0.717) is 6.42 Å². The molecule has 128 valence electrons. The third kappa shape index (κ3) is 25.9. The maximum Gasteiger partial charge on any atom is 0.316 e. The molecule has 0 aromatic carbocycles. The molecule has 22 heavy (non-hydrogen) atoms. The topological polar surface area (TPSA) is 37.3 Å². The first kappa shape index (κ1) is 27.8. The fraction of sp³-hybridized carbons (Fsp3) is 0.944. The van der Waals surface area contributed by atoms with Gasteiger partial charge in [-0.1, -0.05) is 96.8 Å². The number of hydrogen-bond donors (Lipinski definition) is 1. The molecule has 0 radical (unpaired) electrons. The molecule has 0 unspecified atom stereocenters. The van der Waals surface area contributed by atoms with Crippen molar-refractivity contribution >= 4 is 29.0 Å². The molecule has 0 bridgehead atoms. The molecule has 0 atom stereocenters. The van der Waals surface area contributed by atoms with Crippen LogP contribution in [0.2, 0.25) is 0 Å². The first-order valence-electron chi connectivity index (χ1n) is 8.99. The van der Waals surface area contributed by atoms with Crippen LogP contribution in [0.5, 0.6) is 0 Å². The summed E-state index contributed by atoms with van der Waals surface area (Å²) in [6.45, 7) is 2.27. The van der Waals surface area contributed by atoms with Crippen LogP contribution in [0.4, 0.5) is 0 Å². The van der Waals surface area contributed by atoms with Gasteiger partial charge >= 0.3 is 29.0 Å². The Kier molecular flexibility index (Phi) is 30.6. The van der Waals surface area contributed by atoms with Crippen molar-refractivity contribution < 1.29 is 31.6 Å². The Hall–Kier alpha value is 0.951. The molecule has 0 saturated carbocycles. The smallest absolute Gasteiger partial charge is 0.316 e. The van der Waals surface area contributed by atoms with E-state index in [1.54, 1.807) is 0 Å². The number of rotatable bonds is 16. The van der Waals surface area contributed by atoms with Gasteiger partial charge < -0.3 is 5.11 Å². The van der Waals surface area contributed by atoms with Gasteiger partial charge in [-0.15, -0.1) is 0 Å². The Morgan fingerprint density at radius 2 is 0.909 bits per heavy atom. The summed E-state index contributed by atoms with van der Waals surface area (Å²) in [4.78, 5) is 10.3. The van der Waals surface area contributed by atoms with Gasteiger partial charge in [-0.05, 0) is 6.42 Å². The van der Waals surface area contributed by atoms with Gasteiger partial charge in [0, 0.05) is 28.1 Å². The zero-order valence-corrected chi connectivity index (χ0v) is 15.7. The summed E-state index contributed by atoms with van der Waals surface area (Å²) in [7, 11) is 0. The summed E-state index contributed by atoms with van der Waals surface area (Å²) in [5, 5.41) is 8.52. The molecule has 0 heterocycles. The first-order valence-corrected chi connectivity index (χ1v) is 8.99. The predicted octanol–water partition coefficient (Wildman–Crippen LogP) is 5.41. The Labute approximate surface area is 169 Å². The van der Waals surface area contributed by atoms with Crippen molar-refractivity contribution in [3.63, 3.8) is 0 Å². The van der Waals surface area contributed by atoms with Crippen molar-refractivity contribution in [1.29, 1.82) is 0 Å². The molecule has 0 aliphatic rings. The van der Waals surface area contributed by atoms with Crippen LogP contribution in [0.15, 0.2) is 0 Å². The van der Waals surface area contributed by atoms with E-state index < -0.39 is 5.97 Å². The van der Waals surface area contributed by atoms with E-state index in [1.807, 2.05) is 0 Å². The summed E-state index contributed by atoms with van der Waals surface area (Å²) in [5.41, 5.74) is 0. The third-order valence-electron chi connectivity index (χ3n) is 3.99. The third-order valence-corrected chi connectivity index (χ3v) is 3.99. The molecule has 0 aliphatic carbocycles. The minimum atomic E-state index is -0.653. The molecular weight excluding hydrogens is 320 g/mol. The molecule has 0 spiro atoms. The van der Waals surface area contributed by atoms with Gasteiger partial charge in [0.2, 0.25) is 0 Å². The molecule has 0 rings (SSSR count). The number of hydrogen-bond acceptors (Lipinski definition) is 1. The Morgan fingerprint density at radius 1 is 0.636 bits per heavy atom. The standard InChI is InChI=1S/C18H36O2.Mg.Ti.2H/c1-2-3-4-5-6-7-8-9-10-11-12-13-14-15-16-17-18(19)20;;;;/h2-17H2,1H3,(H,19,20);;;;.